The summed E-state index contributed by atoms with van der Waals surface area (Å²) in [7, 11) is 0. The van der Waals surface area contributed by atoms with E-state index in [0.29, 0.717) is 12.2 Å². The molecule has 2 aromatic rings. The normalized spacial score (nSPS) is 19.1. The van der Waals surface area contributed by atoms with Gasteiger partial charge in [-0.2, -0.15) is 0 Å². The minimum atomic E-state index is -0.961. The molecule has 1 saturated heterocycles. The Morgan fingerprint density at radius 2 is 1.74 bits per heavy atom. The van der Waals surface area contributed by atoms with Crippen LogP contribution in [0.15, 0.2) is 48.5 Å². The summed E-state index contributed by atoms with van der Waals surface area (Å²) in [5.41, 5.74) is 2.12. The van der Waals surface area contributed by atoms with E-state index in [9.17, 15) is 19.2 Å². The molecule has 2 N–H and O–H groups in total. The molecule has 0 saturated carbocycles. The molecule has 0 spiro atoms. The molecule has 7 heteroatoms. The summed E-state index contributed by atoms with van der Waals surface area (Å²) in [5, 5.41) is 5.40. The van der Waals surface area contributed by atoms with Crippen LogP contribution in [0.3, 0.4) is 0 Å². The molecule has 136 valence electrons. The smallest absolute Gasteiger partial charge is 0.264 e. The summed E-state index contributed by atoms with van der Waals surface area (Å²) in [5.74, 6) is -2.02. The molecular formula is C20H17N3O4. The van der Waals surface area contributed by atoms with Gasteiger partial charge in [0.15, 0.2) is 0 Å². The lowest BCUT2D eigenvalue weighted by molar-refractivity contribution is -0.136. The number of hydrogen-bond donors (Lipinski definition) is 2. The molecule has 0 bridgehead atoms. The van der Waals surface area contributed by atoms with Crippen LogP contribution in [-0.4, -0.2) is 34.6 Å². The largest absolute Gasteiger partial charge is 0.380 e. The number of hydrogen-bond acceptors (Lipinski definition) is 5. The Morgan fingerprint density at radius 3 is 2.48 bits per heavy atom. The molecule has 1 atom stereocenters. The number of anilines is 1. The van der Waals surface area contributed by atoms with Crippen molar-refractivity contribution in [1.29, 1.82) is 0 Å². The first-order valence-electron chi connectivity index (χ1n) is 8.68. The van der Waals surface area contributed by atoms with E-state index in [1.807, 2.05) is 30.3 Å². The molecule has 0 aromatic heterocycles. The van der Waals surface area contributed by atoms with Crippen molar-refractivity contribution in [2.45, 2.75) is 25.4 Å². The van der Waals surface area contributed by atoms with Gasteiger partial charge in [0.25, 0.3) is 11.8 Å². The van der Waals surface area contributed by atoms with E-state index in [2.05, 4.69) is 10.6 Å². The molecule has 0 radical (unpaired) electrons. The lowest BCUT2D eigenvalue weighted by Gasteiger charge is -2.27. The quantitative estimate of drug-likeness (QED) is 0.806. The SMILES string of the molecule is O=C1CCC(N2C(=O)c3cccc(NCc4ccccc4)c3C2=O)C(=O)N1. The molecule has 1 fully saturated rings. The second-order valence-electron chi connectivity index (χ2n) is 6.51. The first-order valence-corrected chi connectivity index (χ1v) is 8.68. The van der Waals surface area contributed by atoms with Gasteiger partial charge in [0.2, 0.25) is 11.8 Å². The third-order valence-electron chi connectivity index (χ3n) is 4.79. The highest BCUT2D eigenvalue weighted by molar-refractivity contribution is 6.25. The van der Waals surface area contributed by atoms with Crippen LogP contribution < -0.4 is 10.6 Å². The van der Waals surface area contributed by atoms with Gasteiger partial charge in [-0.1, -0.05) is 36.4 Å². The number of amides is 4. The molecule has 1 unspecified atom stereocenters. The van der Waals surface area contributed by atoms with Crippen LogP contribution in [-0.2, 0) is 16.1 Å². The highest BCUT2D eigenvalue weighted by Crippen LogP contribution is 2.32. The maximum absolute atomic E-state index is 13.0. The Morgan fingerprint density at radius 1 is 0.963 bits per heavy atom. The van der Waals surface area contributed by atoms with E-state index >= 15 is 0 Å². The summed E-state index contributed by atoms with van der Waals surface area (Å²) < 4.78 is 0. The molecular weight excluding hydrogens is 346 g/mol. The first kappa shape index (κ1) is 17.0. The highest BCUT2D eigenvalue weighted by Gasteiger charge is 2.45. The van der Waals surface area contributed by atoms with Crippen molar-refractivity contribution in [1.82, 2.24) is 10.2 Å². The second kappa shape index (κ2) is 6.68. The van der Waals surface area contributed by atoms with E-state index < -0.39 is 29.7 Å². The maximum atomic E-state index is 13.0. The Labute approximate surface area is 155 Å². The van der Waals surface area contributed by atoms with Crippen molar-refractivity contribution in [2.24, 2.45) is 0 Å². The van der Waals surface area contributed by atoms with Crippen molar-refractivity contribution < 1.29 is 19.2 Å². The summed E-state index contributed by atoms with van der Waals surface area (Å²) in [6, 6.07) is 13.7. The number of rotatable bonds is 4. The zero-order chi connectivity index (χ0) is 19.0. The van der Waals surface area contributed by atoms with Gasteiger partial charge in [-0.3, -0.25) is 29.4 Å². The fourth-order valence-corrected chi connectivity index (χ4v) is 3.46. The molecule has 0 aliphatic carbocycles. The monoisotopic (exact) mass is 363 g/mol. The fourth-order valence-electron chi connectivity index (χ4n) is 3.46. The molecule has 2 aromatic carbocycles. The van der Waals surface area contributed by atoms with E-state index in [0.717, 1.165) is 10.5 Å². The number of nitrogens with zero attached hydrogens (tertiary/aromatic N) is 1. The van der Waals surface area contributed by atoms with Gasteiger partial charge in [0.05, 0.1) is 11.1 Å². The van der Waals surface area contributed by atoms with Crippen molar-refractivity contribution in [3.8, 4) is 0 Å². The number of carbonyl (C=O) groups is 4. The topological polar surface area (TPSA) is 95.6 Å². The molecule has 27 heavy (non-hydrogen) atoms. The number of nitrogens with one attached hydrogen (secondary N) is 2. The van der Waals surface area contributed by atoms with Gasteiger partial charge in [-0.05, 0) is 24.1 Å². The van der Waals surface area contributed by atoms with Crippen LogP contribution in [0.2, 0.25) is 0 Å². The zero-order valence-corrected chi connectivity index (χ0v) is 14.4. The summed E-state index contributed by atoms with van der Waals surface area (Å²) in [6.45, 7) is 0.497. The Bertz CT molecular complexity index is 955. The Balaban J connectivity index is 1.61. The molecule has 2 aliphatic rings. The van der Waals surface area contributed by atoms with Crippen LogP contribution in [0.4, 0.5) is 5.69 Å². The summed E-state index contributed by atoms with van der Waals surface area (Å²) in [4.78, 5) is 50.2. The maximum Gasteiger partial charge on any atom is 0.264 e. The summed E-state index contributed by atoms with van der Waals surface area (Å²) >= 11 is 0. The average Bonchev–Trinajstić information content (AvgIpc) is 2.93. The summed E-state index contributed by atoms with van der Waals surface area (Å²) in [6.07, 6.45) is 0.242. The van der Waals surface area contributed by atoms with E-state index in [4.69, 9.17) is 0 Å². The predicted octanol–water partition coefficient (Wildman–Crippen LogP) is 1.70. The van der Waals surface area contributed by atoms with Gasteiger partial charge in [0, 0.05) is 18.7 Å². The van der Waals surface area contributed by atoms with Gasteiger partial charge >= 0.3 is 0 Å². The van der Waals surface area contributed by atoms with Crippen LogP contribution in [0.25, 0.3) is 0 Å². The lowest BCUT2D eigenvalue weighted by atomic mass is 10.0. The zero-order valence-electron chi connectivity index (χ0n) is 14.4. The molecule has 2 heterocycles. The second-order valence-corrected chi connectivity index (χ2v) is 6.51. The van der Waals surface area contributed by atoms with Crippen molar-refractivity contribution in [3.05, 3.63) is 65.2 Å². The average molecular weight is 363 g/mol. The third-order valence-corrected chi connectivity index (χ3v) is 4.79. The highest BCUT2D eigenvalue weighted by atomic mass is 16.2. The van der Waals surface area contributed by atoms with Crippen molar-refractivity contribution >= 4 is 29.3 Å². The van der Waals surface area contributed by atoms with E-state index in [-0.39, 0.29) is 24.0 Å². The molecule has 2 aliphatic heterocycles. The minimum absolute atomic E-state index is 0.100. The van der Waals surface area contributed by atoms with Gasteiger partial charge in [-0.25, -0.2) is 0 Å². The molecule has 4 amide bonds. The van der Waals surface area contributed by atoms with Crippen LogP contribution >= 0.6 is 0 Å². The Kier molecular flexibility index (Phi) is 4.19. The van der Waals surface area contributed by atoms with Crippen molar-refractivity contribution in [3.63, 3.8) is 0 Å². The number of fused-ring (bicyclic) bond motifs is 1. The third kappa shape index (κ3) is 2.97. The number of benzene rings is 2. The van der Waals surface area contributed by atoms with Crippen LogP contribution in [0, 0.1) is 0 Å². The van der Waals surface area contributed by atoms with Gasteiger partial charge < -0.3 is 5.32 Å². The predicted molar refractivity (Wildman–Crippen MR) is 96.9 cm³/mol. The van der Waals surface area contributed by atoms with E-state index in [1.54, 1.807) is 18.2 Å². The molecule has 7 nitrogen and oxygen atoms in total. The van der Waals surface area contributed by atoms with E-state index in [1.165, 1.54) is 0 Å². The standard InChI is InChI=1S/C20H17N3O4/c24-16-10-9-15(18(25)22-16)23-19(26)13-7-4-8-14(17(13)20(23)27)21-11-12-5-2-1-3-6-12/h1-8,15,21H,9-11H2,(H,22,24,25). The fraction of sp³-hybridized carbons (Fsp3) is 0.200. The lowest BCUT2D eigenvalue weighted by Crippen LogP contribution is -2.54. The minimum Gasteiger partial charge on any atom is -0.380 e. The molecule has 4 rings (SSSR count). The van der Waals surface area contributed by atoms with Crippen molar-refractivity contribution in [2.75, 3.05) is 5.32 Å². The Hall–Kier alpha value is -3.48. The van der Waals surface area contributed by atoms with Crippen LogP contribution in [0.5, 0.6) is 0 Å². The first-order chi connectivity index (χ1) is 13.1. The number of carbonyl (C=O) groups excluding carboxylic acids is 4. The van der Waals surface area contributed by atoms with Crippen LogP contribution in [0.1, 0.15) is 39.1 Å². The van der Waals surface area contributed by atoms with Gasteiger partial charge in [0.1, 0.15) is 6.04 Å². The number of imide groups is 2. The van der Waals surface area contributed by atoms with Gasteiger partial charge in [-0.15, -0.1) is 0 Å². The number of piperidine rings is 1.